The zero-order valence-electron chi connectivity index (χ0n) is 15.8. The van der Waals surface area contributed by atoms with Gasteiger partial charge in [0.15, 0.2) is 0 Å². The fraction of sp³-hybridized carbons (Fsp3) is 0.100. The van der Waals surface area contributed by atoms with Gasteiger partial charge in [-0.05, 0) is 12.1 Å². The minimum atomic E-state index is -3.72. The number of aromatic nitrogens is 3. The number of aliphatic hydroxyl groups excluding tert-OH is 1. The lowest BCUT2D eigenvalue weighted by Crippen LogP contribution is -2.23. The Morgan fingerprint density at radius 1 is 1.07 bits per heavy atom. The van der Waals surface area contributed by atoms with Crippen LogP contribution < -0.4 is 10.5 Å². The van der Waals surface area contributed by atoms with E-state index in [1.54, 1.807) is 23.6 Å². The maximum atomic E-state index is 12.7. The highest BCUT2D eigenvalue weighted by atomic mass is 32.2. The number of hydrogen-bond acceptors (Lipinski definition) is 7. The topological polar surface area (TPSA) is 123 Å². The van der Waals surface area contributed by atoms with Crippen molar-refractivity contribution in [1.29, 1.82) is 0 Å². The third-order valence-electron chi connectivity index (χ3n) is 4.45. The molecule has 10 heteroatoms. The monoisotopic (exact) mass is 441 g/mol. The summed E-state index contributed by atoms with van der Waals surface area (Å²) < 4.78 is 29.4. The number of rotatable bonds is 7. The normalized spacial score (nSPS) is 11.6. The van der Waals surface area contributed by atoms with Crippen molar-refractivity contribution in [1.82, 2.24) is 19.5 Å². The van der Waals surface area contributed by atoms with Crippen molar-refractivity contribution in [3.63, 3.8) is 0 Å². The molecule has 0 fully saturated rings. The molecule has 0 aliphatic heterocycles. The van der Waals surface area contributed by atoms with Gasteiger partial charge in [-0.1, -0.05) is 48.5 Å². The van der Waals surface area contributed by atoms with Gasteiger partial charge in [-0.2, -0.15) is 9.78 Å². The molecule has 0 spiro atoms. The van der Waals surface area contributed by atoms with E-state index in [0.29, 0.717) is 22.1 Å². The number of nitrogens with two attached hydrogens (primary N) is 1. The summed E-state index contributed by atoms with van der Waals surface area (Å²) in [5.41, 5.74) is 8.78. The molecule has 0 atom stereocenters. The summed E-state index contributed by atoms with van der Waals surface area (Å²) >= 11 is 1.29. The van der Waals surface area contributed by atoms with E-state index < -0.39 is 10.0 Å². The molecule has 0 saturated carbocycles. The van der Waals surface area contributed by atoms with Gasteiger partial charge in [-0.25, -0.2) is 18.1 Å². The molecule has 0 unspecified atom stereocenters. The lowest BCUT2D eigenvalue weighted by molar-refractivity contribution is 0.277. The van der Waals surface area contributed by atoms with Crippen LogP contribution in [0, 0.1) is 0 Å². The molecule has 0 saturated heterocycles. The molecule has 30 heavy (non-hydrogen) atoms. The van der Waals surface area contributed by atoms with Gasteiger partial charge in [0.05, 0.1) is 22.9 Å². The number of nitrogens with zero attached hydrogens (tertiary/aromatic N) is 3. The first-order valence-electron chi connectivity index (χ1n) is 9.03. The minimum Gasteiger partial charge on any atom is -0.390 e. The Labute approximate surface area is 177 Å². The average Bonchev–Trinajstić information content (AvgIpc) is 3.38. The maximum absolute atomic E-state index is 12.7. The second-order valence-corrected chi connectivity index (χ2v) is 9.01. The zero-order valence-corrected chi connectivity index (χ0v) is 17.4. The lowest BCUT2D eigenvalue weighted by atomic mass is 10.1. The van der Waals surface area contributed by atoms with Crippen molar-refractivity contribution < 1.29 is 13.5 Å². The minimum absolute atomic E-state index is 0.0362. The summed E-state index contributed by atoms with van der Waals surface area (Å²) in [6.45, 7) is -0.224. The molecule has 0 aliphatic rings. The van der Waals surface area contributed by atoms with Crippen LogP contribution in [0.4, 0.5) is 5.82 Å². The third kappa shape index (κ3) is 3.98. The summed E-state index contributed by atoms with van der Waals surface area (Å²) in [7, 11) is -3.72. The van der Waals surface area contributed by atoms with Gasteiger partial charge < -0.3 is 10.8 Å². The molecule has 2 aromatic carbocycles. The van der Waals surface area contributed by atoms with E-state index in [0.717, 1.165) is 5.56 Å². The Kier molecular flexibility index (Phi) is 5.64. The van der Waals surface area contributed by atoms with Crippen LogP contribution >= 0.6 is 11.3 Å². The number of aliphatic hydroxyl groups is 1. The number of benzene rings is 2. The van der Waals surface area contributed by atoms with Crippen LogP contribution in [0.3, 0.4) is 0 Å². The molecule has 4 N–H and O–H groups in total. The Bertz CT molecular complexity index is 1250. The van der Waals surface area contributed by atoms with Crippen LogP contribution in [0.1, 0.15) is 11.3 Å². The molecule has 2 heterocycles. The van der Waals surface area contributed by atoms with Gasteiger partial charge >= 0.3 is 0 Å². The number of anilines is 1. The van der Waals surface area contributed by atoms with Gasteiger partial charge in [0.2, 0.25) is 15.2 Å². The fourth-order valence-electron chi connectivity index (χ4n) is 2.93. The van der Waals surface area contributed by atoms with Gasteiger partial charge in [-0.3, -0.25) is 0 Å². The molecular weight excluding hydrogens is 422 g/mol. The average molecular weight is 442 g/mol. The van der Waals surface area contributed by atoms with Crippen LogP contribution in [0.15, 0.2) is 70.9 Å². The predicted octanol–water partition coefficient (Wildman–Crippen LogP) is 2.55. The maximum Gasteiger partial charge on any atom is 0.240 e. The smallest absolute Gasteiger partial charge is 0.240 e. The van der Waals surface area contributed by atoms with E-state index in [4.69, 9.17) is 5.73 Å². The van der Waals surface area contributed by atoms with E-state index in [9.17, 15) is 13.5 Å². The first-order chi connectivity index (χ1) is 14.5. The van der Waals surface area contributed by atoms with E-state index >= 15 is 0 Å². The summed E-state index contributed by atoms with van der Waals surface area (Å²) in [6.07, 6.45) is 0. The fourth-order valence-corrected chi connectivity index (χ4v) is 4.72. The molecule has 0 bridgehead atoms. The van der Waals surface area contributed by atoms with Crippen LogP contribution in [0.5, 0.6) is 0 Å². The van der Waals surface area contributed by atoms with Crippen molar-refractivity contribution >= 4 is 27.2 Å². The quantitative estimate of drug-likeness (QED) is 0.405. The van der Waals surface area contributed by atoms with Crippen molar-refractivity contribution in [2.24, 2.45) is 0 Å². The molecule has 154 valence electrons. The summed E-state index contributed by atoms with van der Waals surface area (Å²) in [4.78, 5) is 4.49. The highest BCUT2D eigenvalue weighted by Crippen LogP contribution is 2.30. The second kappa shape index (κ2) is 8.36. The van der Waals surface area contributed by atoms with Crippen LogP contribution in [0.2, 0.25) is 0 Å². The predicted molar refractivity (Wildman–Crippen MR) is 115 cm³/mol. The molecule has 2 aromatic heterocycles. The van der Waals surface area contributed by atoms with E-state index in [1.807, 2.05) is 30.3 Å². The third-order valence-corrected chi connectivity index (χ3v) is 6.73. The summed E-state index contributed by atoms with van der Waals surface area (Å²) in [5.74, 6) is 0.281. The number of thiazole rings is 1. The first-order valence-corrected chi connectivity index (χ1v) is 11.4. The highest BCUT2D eigenvalue weighted by Gasteiger charge is 2.22. The standard InChI is InChI=1S/C20H19N5O3S2/c21-19-17(11-22-30(27,28)16-9-5-2-6-10-16)18(14-7-3-1-4-8-14)24-25(19)20-23-15(12-26)13-29-20/h1-10,13,22,26H,11-12,21H2. The number of hydrogen-bond donors (Lipinski definition) is 3. The summed E-state index contributed by atoms with van der Waals surface area (Å²) in [6, 6.07) is 17.5. The molecule has 0 radical (unpaired) electrons. The Balaban J connectivity index is 1.74. The van der Waals surface area contributed by atoms with Crippen molar-refractivity contribution in [2.75, 3.05) is 5.73 Å². The number of nitrogens with one attached hydrogen (secondary N) is 1. The summed E-state index contributed by atoms with van der Waals surface area (Å²) in [5, 5.41) is 16.1. The van der Waals surface area contributed by atoms with Crippen molar-refractivity contribution in [3.05, 3.63) is 77.3 Å². The van der Waals surface area contributed by atoms with Gasteiger partial charge in [-0.15, -0.1) is 11.3 Å². The second-order valence-electron chi connectivity index (χ2n) is 6.41. The molecule has 0 amide bonds. The van der Waals surface area contributed by atoms with Gasteiger partial charge in [0.1, 0.15) is 5.82 Å². The Morgan fingerprint density at radius 2 is 1.73 bits per heavy atom. The SMILES string of the molecule is Nc1c(CNS(=O)(=O)c2ccccc2)c(-c2ccccc2)nn1-c1nc(CO)cs1. The Morgan fingerprint density at radius 3 is 2.37 bits per heavy atom. The highest BCUT2D eigenvalue weighted by molar-refractivity contribution is 7.89. The first kappa shape index (κ1) is 20.2. The lowest BCUT2D eigenvalue weighted by Gasteiger charge is -2.08. The van der Waals surface area contributed by atoms with Crippen LogP contribution in [-0.2, 0) is 23.2 Å². The van der Waals surface area contributed by atoms with E-state index in [2.05, 4.69) is 14.8 Å². The number of nitrogen functional groups attached to an aromatic ring is 1. The van der Waals surface area contributed by atoms with Crippen molar-refractivity contribution in [3.8, 4) is 16.4 Å². The molecule has 4 aromatic rings. The van der Waals surface area contributed by atoms with Crippen LogP contribution in [-0.4, -0.2) is 28.3 Å². The van der Waals surface area contributed by atoms with E-state index in [1.165, 1.54) is 28.2 Å². The number of sulfonamides is 1. The zero-order chi connectivity index (χ0) is 21.1. The Hall–Kier alpha value is -3.05. The molecule has 4 rings (SSSR count). The van der Waals surface area contributed by atoms with Crippen molar-refractivity contribution in [2.45, 2.75) is 18.0 Å². The molecule has 8 nitrogen and oxygen atoms in total. The van der Waals surface area contributed by atoms with Crippen LogP contribution in [0.25, 0.3) is 16.4 Å². The van der Waals surface area contributed by atoms with Gasteiger partial charge in [0, 0.05) is 23.1 Å². The largest absolute Gasteiger partial charge is 0.390 e. The van der Waals surface area contributed by atoms with Gasteiger partial charge in [0.25, 0.3) is 0 Å². The molecule has 0 aliphatic carbocycles. The molecular formula is C20H19N5O3S2. The van der Waals surface area contributed by atoms with E-state index in [-0.39, 0.29) is 23.9 Å².